The maximum atomic E-state index is 13.1. The molecule has 1 aliphatic heterocycles. The van der Waals surface area contributed by atoms with Crippen molar-refractivity contribution in [2.45, 2.75) is 32.4 Å². The first-order valence-corrected chi connectivity index (χ1v) is 9.53. The van der Waals surface area contributed by atoms with E-state index >= 15 is 0 Å². The number of imidazole rings is 1. The van der Waals surface area contributed by atoms with Crippen molar-refractivity contribution in [3.8, 4) is 0 Å². The standard InChI is InChI=1S/C20H25N5O3/c1-13-6-8-14(9-7-13)12-25-18(26)16-17(24(3)20(25)27)22-19(23(16)2)21-11-15-5-4-10-28-15/h6-9,15H,4-5,10-12H2,1-3H3,(H,21,22)/t15-/m0/s1. The highest BCUT2D eigenvalue weighted by Crippen LogP contribution is 2.16. The van der Waals surface area contributed by atoms with Crippen molar-refractivity contribution in [2.24, 2.45) is 14.1 Å². The Morgan fingerprint density at radius 2 is 1.93 bits per heavy atom. The van der Waals surface area contributed by atoms with E-state index in [9.17, 15) is 9.59 Å². The average Bonchev–Trinajstić information content (AvgIpc) is 3.31. The first-order valence-electron chi connectivity index (χ1n) is 9.53. The third-order valence-electron chi connectivity index (χ3n) is 5.33. The average molecular weight is 383 g/mol. The summed E-state index contributed by atoms with van der Waals surface area (Å²) in [6.45, 7) is 3.64. The Kier molecular flexibility index (Phi) is 4.80. The van der Waals surface area contributed by atoms with Gasteiger partial charge >= 0.3 is 5.69 Å². The van der Waals surface area contributed by atoms with Crippen LogP contribution in [0.15, 0.2) is 33.9 Å². The van der Waals surface area contributed by atoms with E-state index in [-0.39, 0.29) is 23.9 Å². The number of benzene rings is 1. The van der Waals surface area contributed by atoms with Crippen molar-refractivity contribution >= 4 is 17.1 Å². The van der Waals surface area contributed by atoms with E-state index in [0.29, 0.717) is 23.7 Å². The predicted octanol–water partition coefficient (Wildman–Crippen LogP) is 1.38. The molecule has 28 heavy (non-hydrogen) atoms. The minimum Gasteiger partial charge on any atom is -0.376 e. The lowest BCUT2D eigenvalue weighted by atomic mass is 10.1. The molecule has 1 aromatic carbocycles. The Morgan fingerprint density at radius 3 is 2.61 bits per heavy atom. The van der Waals surface area contributed by atoms with Crippen LogP contribution in [0.1, 0.15) is 24.0 Å². The van der Waals surface area contributed by atoms with Gasteiger partial charge in [-0.2, -0.15) is 4.98 Å². The molecule has 4 rings (SSSR count). The SMILES string of the molecule is Cc1ccc(Cn2c(=O)c3c(nc(NC[C@@H]4CCCO4)n3C)n(C)c2=O)cc1. The van der Waals surface area contributed by atoms with Crippen LogP contribution >= 0.6 is 0 Å². The Morgan fingerprint density at radius 1 is 1.18 bits per heavy atom. The minimum absolute atomic E-state index is 0.154. The molecule has 0 aliphatic carbocycles. The van der Waals surface area contributed by atoms with Gasteiger partial charge in [0.15, 0.2) is 11.2 Å². The molecule has 3 heterocycles. The van der Waals surface area contributed by atoms with Crippen molar-refractivity contribution < 1.29 is 4.74 Å². The maximum absolute atomic E-state index is 13.1. The molecule has 0 amide bonds. The van der Waals surface area contributed by atoms with Gasteiger partial charge in [-0.1, -0.05) is 29.8 Å². The first kappa shape index (κ1) is 18.5. The maximum Gasteiger partial charge on any atom is 0.332 e. The van der Waals surface area contributed by atoms with Crippen molar-refractivity contribution in [3.63, 3.8) is 0 Å². The molecule has 0 radical (unpaired) electrons. The minimum atomic E-state index is -0.373. The smallest absolute Gasteiger partial charge is 0.332 e. The molecular formula is C20H25N5O3. The summed E-state index contributed by atoms with van der Waals surface area (Å²) >= 11 is 0. The highest BCUT2D eigenvalue weighted by molar-refractivity contribution is 5.74. The Bertz CT molecular complexity index is 1120. The molecule has 8 heteroatoms. The summed E-state index contributed by atoms with van der Waals surface area (Å²) in [4.78, 5) is 30.4. The highest BCUT2D eigenvalue weighted by Gasteiger charge is 2.20. The molecule has 148 valence electrons. The van der Waals surface area contributed by atoms with Crippen LogP contribution in [0.5, 0.6) is 0 Å². The number of ether oxygens (including phenoxy) is 1. The van der Waals surface area contributed by atoms with E-state index in [0.717, 1.165) is 30.6 Å². The lowest BCUT2D eigenvalue weighted by Crippen LogP contribution is -2.39. The summed E-state index contributed by atoms with van der Waals surface area (Å²) < 4.78 is 10.0. The number of aryl methyl sites for hydroxylation is 3. The number of hydrogen-bond donors (Lipinski definition) is 1. The molecule has 3 aromatic rings. The summed E-state index contributed by atoms with van der Waals surface area (Å²) in [6.07, 6.45) is 2.23. The highest BCUT2D eigenvalue weighted by atomic mass is 16.5. The summed E-state index contributed by atoms with van der Waals surface area (Å²) in [5.74, 6) is 0.561. The van der Waals surface area contributed by atoms with Crippen LogP contribution < -0.4 is 16.6 Å². The lowest BCUT2D eigenvalue weighted by molar-refractivity contribution is 0.120. The molecule has 1 aliphatic rings. The Balaban J connectivity index is 1.73. The summed E-state index contributed by atoms with van der Waals surface area (Å²) in [7, 11) is 3.43. The largest absolute Gasteiger partial charge is 0.376 e. The Hall–Kier alpha value is -2.87. The van der Waals surface area contributed by atoms with Crippen molar-refractivity contribution in [1.29, 1.82) is 0 Å². The van der Waals surface area contributed by atoms with Crippen molar-refractivity contribution in [3.05, 3.63) is 56.2 Å². The topological polar surface area (TPSA) is 83.1 Å². The van der Waals surface area contributed by atoms with Gasteiger partial charge in [0.1, 0.15) is 0 Å². The number of anilines is 1. The number of fused-ring (bicyclic) bond motifs is 1. The van der Waals surface area contributed by atoms with Crippen molar-refractivity contribution in [2.75, 3.05) is 18.5 Å². The molecular weight excluding hydrogens is 358 g/mol. The van der Waals surface area contributed by atoms with Crippen LogP contribution in [0, 0.1) is 6.92 Å². The van der Waals surface area contributed by atoms with Crippen LogP contribution in [-0.2, 0) is 25.4 Å². The molecule has 1 saturated heterocycles. The lowest BCUT2D eigenvalue weighted by Gasteiger charge is -2.11. The van der Waals surface area contributed by atoms with Crippen LogP contribution in [0.2, 0.25) is 0 Å². The molecule has 1 atom stereocenters. The quantitative estimate of drug-likeness (QED) is 0.720. The van der Waals surface area contributed by atoms with Crippen LogP contribution in [0.3, 0.4) is 0 Å². The van der Waals surface area contributed by atoms with Crippen LogP contribution in [0.25, 0.3) is 11.2 Å². The summed E-state index contributed by atoms with van der Waals surface area (Å²) in [5.41, 5.74) is 2.12. The van der Waals surface area contributed by atoms with Gasteiger partial charge in [-0.25, -0.2) is 4.79 Å². The number of nitrogens with zero attached hydrogens (tertiary/aromatic N) is 4. The molecule has 0 spiro atoms. The number of rotatable bonds is 5. The van der Waals surface area contributed by atoms with Gasteiger partial charge in [-0.15, -0.1) is 0 Å². The fourth-order valence-electron chi connectivity index (χ4n) is 3.63. The number of hydrogen-bond acceptors (Lipinski definition) is 5. The van der Waals surface area contributed by atoms with E-state index in [1.54, 1.807) is 18.7 Å². The normalized spacial score (nSPS) is 16.8. The second kappa shape index (κ2) is 7.27. The monoisotopic (exact) mass is 383 g/mol. The van der Waals surface area contributed by atoms with Gasteiger partial charge in [0.2, 0.25) is 5.95 Å². The van der Waals surface area contributed by atoms with Gasteiger partial charge < -0.3 is 14.6 Å². The van der Waals surface area contributed by atoms with Gasteiger partial charge in [-0.05, 0) is 25.3 Å². The van der Waals surface area contributed by atoms with Gasteiger partial charge in [0, 0.05) is 27.2 Å². The molecule has 0 unspecified atom stereocenters. The fraction of sp³-hybridized carbons (Fsp3) is 0.450. The zero-order chi connectivity index (χ0) is 19.8. The number of nitrogens with one attached hydrogen (secondary N) is 1. The van der Waals surface area contributed by atoms with E-state index < -0.39 is 0 Å². The van der Waals surface area contributed by atoms with Crippen molar-refractivity contribution in [1.82, 2.24) is 18.7 Å². The van der Waals surface area contributed by atoms with Crippen LogP contribution in [0.4, 0.5) is 5.95 Å². The summed E-state index contributed by atoms with van der Waals surface area (Å²) in [5, 5.41) is 3.26. The second-order valence-electron chi connectivity index (χ2n) is 7.40. The zero-order valence-corrected chi connectivity index (χ0v) is 16.4. The second-order valence-corrected chi connectivity index (χ2v) is 7.40. The third kappa shape index (κ3) is 3.24. The molecule has 2 aromatic heterocycles. The fourth-order valence-corrected chi connectivity index (χ4v) is 3.63. The molecule has 0 bridgehead atoms. The Labute approximate surface area is 162 Å². The van der Waals surface area contributed by atoms with E-state index in [4.69, 9.17) is 4.74 Å². The zero-order valence-electron chi connectivity index (χ0n) is 16.4. The van der Waals surface area contributed by atoms with Gasteiger partial charge in [0.25, 0.3) is 5.56 Å². The van der Waals surface area contributed by atoms with E-state index in [1.165, 1.54) is 9.13 Å². The molecule has 1 N–H and O–H groups in total. The molecule has 1 fully saturated rings. The third-order valence-corrected chi connectivity index (χ3v) is 5.33. The summed E-state index contributed by atoms with van der Waals surface area (Å²) in [6, 6.07) is 7.81. The van der Waals surface area contributed by atoms with Crippen LogP contribution in [-0.4, -0.2) is 37.9 Å². The molecule has 0 saturated carbocycles. The van der Waals surface area contributed by atoms with Gasteiger partial charge in [0.05, 0.1) is 12.6 Å². The van der Waals surface area contributed by atoms with E-state index in [1.807, 2.05) is 31.2 Å². The molecule has 8 nitrogen and oxygen atoms in total. The van der Waals surface area contributed by atoms with Gasteiger partial charge in [-0.3, -0.25) is 13.9 Å². The predicted molar refractivity (Wildman–Crippen MR) is 108 cm³/mol. The van der Waals surface area contributed by atoms with E-state index in [2.05, 4.69) is 10.3 Å². The number of aromatic nitrogens is 4. The first-order chi connectivity index (χ1) is 13.5.